The fraction of sp³-hybridized carbons (Fsp3) is 0.455. The number of halogens is 2. The maximum absolute atomic E-state index is 13.6. The number of hydrogen-bond acceptors (Lipinski definition) is 4. The summed E-state index contributed by atoms with van der Waals surface area (Å²) in [4.78, 5) is 18.6. The van der Waals surface area contributed by atoms with Gasteiger partial charge in [-0.15, -0.1) is 0 Å². The smallest absolute Gasteiger partial charge is 0.317 e. The van der Waals surface area contributed by atoms with Crippen molar-refractivity contribution in [2.45, 2.75) is 44.4 Å². The fourth-order valence-electron chi connectivity index (χ4n) is 5.30. The summed E-state index contributed by atoms with van der Waals surface area (Å²) >= 11 is 0. The van der Waals surface area contributed by atoms with Crippen LogP contribution in [0.2, 0.25) is 0 Å². The number of aromatic nitrogens is 1. The van der Waals surface area contributed by atoms with E-state index in [1.54, 1.807) is 4.90 Å². The van der Waals surface area contributed by atoms with Crippen LogP contribution in [0.5, 0.6) is 0 Å². The molecule has 5 atom stereocenters. The molecule has 3 fully saturated rings. The van der Waals surface area contributed by atoms with Gasteiger partial charge in [-0.05, 0) is 67.0 Å². The lowest BCUT2D eigenvalue weighted by Crippen LogP contribution is -2.60. The van der Waals surface area contributed by atoms with Crippen LogP contribution in [-0.2, 0) is 6.54 Å². The highest BCUT2D eigenvalue weighted by Gasteiger charge is 2.47. The predicted molar refractivity (Wildman–Crippen MR) is 107 cm³/mol. The van der Waals surface area contributed by atoms with E-state index in [2.05, 4.69) is 27.2 Å². The van der Waals surface area contributed by atoms with Gasteiger partial charge in [0, 0.05) is 43.1 Å². The van der Waals surface area contributed by atoms with Crippen LogP contribution in [0.25, 0.3) is 0 Å². The van der Waals surface area contributed by atoms with Crippen molar-refractivity contribution in [3.63, 3.8) is 0 Å². The number of fused-ring (bicyclic) bond motifs is 2. The van der Waals surface area contributed by atoms with Crippen LogP contribution in [0.1, 0.15) is 35.7 Å². The summed E-state index contributed by atoms with van der Waals surface area (Å²) in [6.07, 6.45) is 3.65. The molecule has 8 heteroatoms. The molecule has 2 aliphatic heterocycles. The Kier molecular flexibility index (Phi) is 4.91. The second-order valence-corrected chi connectivity index (χ2v) is 8.71. The summed E-state index contributed by atoms with van der Waals surface area (Å²) in [7, 11) is 0. The second kappa shape index (κ2) is 7.59. The molecule has 1 aromatic heterocycles. The van der Waals surface area contributed by atoms with Gasteiger partial charge in [-0.3, -0.25) is 10.4 Å². The Labute approximate surface area is 174 Å². The van der Waals surface area contributed by atoms with E-state index < -0.39 is 11.6 Å². The van der Waals surface area contributed by atoms with Crippen molar-refractivity contribution < 1.29 is 13.6 Å². The third-order valence-electron chi connectivity index (χ3n) is 6.65. The molecule has 2 amide bonds. The number of nitrogens with zero attached hydrogens (tertiary/aromatic N) is 2. The van der Waals surface area contributed by atoms with Crippen molar-refractivity contribution in [1.29, 1.82) is 0 Å². The van der Waals surface area contributed by atoms with E-state index in [-0.39, 0.29) is 36.6 Å². The lowest BCUT2D eigenvalue weighted by atomic mass is 9.71. The lowest BCUT2D eigenvalue weighted by molar-refractivity contribution is 0.0961. The van der Waals surface area contributed by atoms with Gasteiger partial charge >= 0.3 is 6.03 Å². The second-order valence-electron chi connectivity index (χ2n) is 8.71. The van der Waals surface area contributed by atoms with Crippen LogP contribution in [0, 0.1) is 30.4 Å². The van der Waals surface area contributed by atoms with Crippen LogP contribution in [-0.4, -0.2) is 34.5 Å². The average Bonchev–Trinajstić information content (AvgIpc) is 3.09. The average molecular weight is 413 g/mol. The topological polar surface area (TPSA) is 69.3 Å². The van der Waals surface area contributed by atoms with Gasteiger partial charge in [-0.2, -0.15) is 0 Å². The standard InChI is InChI=1S/C22H25F2N5O/c1-12-4-14(2-3-25-12)21-18-7-15-11-29(10-13-5-16(23)8-17(24)6-13)22(30)26-19(15)9-20(18)27-28-21/h2-6,8,15,18-21,27-28H,7,9-11H2,1H3,(H,26,30). The molecule has 3 aliphatic rings. The highest BCUT2D eigenvalue weighted by Crippen LogP contribution is 2.42. The molecule has 0 radical (unpaired) electrons. The number of carbonyl (C=O) groups is 1. The van der Waals surface area contributed by atoms with Crippen LogP contribution < -0.4 is 16.2 Å². The van der Waals surface area contributed by atoms with Gasteiger partial charge in [0.15, 0.2) is 0 Å². The normalized spacial score (nSPS) is 30.6. The minimum absolute atomic E-state index is 0.103. The van der Waals surface area contributed by atoms with Crippen molar-refractivity contribution in [1.82, 2.24) is 26.1 Å². The minimum atomic E-state index is -0.626. The number of hydrogen-bond donors (Lipinski definition) is 3. The number of hydrazine groups is 1. The molecular weight excluding hydrogens is 388 g/mol. The Bertz CT molecular complexity index is 950. The monoisotopic (exact) mass is 413 g/mol. The maximum atomic E-state index is 13.6. The van der Waals surface area contributed by atoms with E-state index in [9.17, 15) is 13.6 Å². The van der Waals surface area contributed by atoms with Crippen molar-refractivity contribution in [3.05, 3.63) is 65.0 Å². The van der Waals surface area contributed by atoms with Gasteiger partial charge in [-0.1, -0.05) is 0 Å². The number of nitrogens with one attached hydrogen (secondary N) is 3. The first-order valence-electron chi connectivity index (χ1n) is 10.4. The molecule has 30 heavy (non-hydrogen) atoms. The number of amides is 2. The molecule has 0 spiro atoms. The lowest BCUT2D eigenvalue weighted by Gasteiger charge is -2.45. The molecule has 2 aromatic rings. The zero-order valence-electron chi connectivity index (χ0n) is 16.7. The van der Waals surface area contributed by atoms with Crippen molar-refractivity contribution in [2.75, 3.05) is 6.54 Å². The summed E-state index contributed by atoms with van der Waals surface area (Å²) in [6.45, 7) is 2.77. The first-order chi connectivity index (χ1) is 14.5. The highest BCUT2D eigenvalue weighted by molar-refractivity contribution is 5.75. The Balaban J connectivity index is 1.32. The van der Waals surface area contributed by atoms with Crippen molar-refractivity contribution in [2.24, 2.45) is 11.8 Å². The Morgan fingerprint density at radius 2 is 1.90 bits per heavy atom. The quantitative estimate of drug-likeness (QED) is 0.724. The number of carbonyl (C=O) groups excluding carboxylic acids is 1. The molecule has 2 saturated heterocycles. The van der Waals surface area contributed by atoms with Gasteiger partial charge in [0.1, 0.15) is 11.6 Å². The molecular formula is C22H25F2N5O. The Morgan fingerprint density at radius 1 is 1.10 bits per heavy atom. The van der Waals surface area contributed by atoms with E-state index in [4.69, 9.17) is 0 Å². The summed E-state index contributed by atoms with van der Waals surface area (Å²) in [5.41, 5.74) is 9.53. The molecule has 0 bridgehead atoms. The molecule has 6 nitrogen and oxygen atoms in total. The van der Waals surface area contributed by atoms with E-state index in [1.165, 1.54) is 17.7 Å². The Morgan fingerprint density at radius 3 is 2.67 bits per heavy atom. The van der Waals surface area contributed by atoms with Gasteiger partial charge in [-0.25, -0.2) is 19.0 Å². The third-order valence-corrected chi connectivity index (χ3v) is 6.65. The highest BCUT2D eigenvalue weighted by atomic mass is 19.1. The van der Waals surface area contributed by atoms with Crippen LogP contribution in [0.3, 0.4) is 0 Å². The maximum Gasteiger partial charge on any atom is 0.317 e. The van der Waals surface area contributed by atoms with Gasteiger partial charge in [0.25, 0.3) is 0 Å². The number of benzene rings is 1. The van der Waals surface area contributed by atoms with Crippen molar-refractivity contribution in [3.8, 4) is 0 Å². The summed E-state index contributed by atoms with van der Waals surface area (Å²) in [5.74, 6) is -0.565. The number of rotatable bonds is 3. The zero-order chi connectivity index (χ0) is 20.8. The SMILES string of the molecule is Cc1cc(C2NNC3CC4NC(=O)N(Cc5cc(F)cc(F)c5)CC4CC32)ccn1. The first-order valence-corrected chi connectivity index (χ1v) is 10.4. The van der Waals surface area contributed by atoms with E-state index in [1.807, 2.05) is 19.2 Å². The van der Waals surface area contributed by atoms with Gasteiger partial charge < -0.3 is 10.2 Å². The third kappa shape index (κ3) is 3.65. The molecule has 1 aliphatic carbocycles. The molecule has 5 rings (SSSR count). The van der Waals surface area contributed by atoms with E-state index in [0.717, 1.165) is 24.6 Å². The number of urea groups is 1. The molecule has 1 aromatic carbocycles. The van der Waals surface area contributed by atoms with Gasteiger partial charge in [0.2, 0.25) is 0 Å². The van der Waals surface area contributed by atoms with E-state index in [0.29, 0.717) is 18.0 Å². The predicted octanol–water partition coefficient (Wildman–Crippen LogP) is 2.81. The Hall–Kier alpha value is -2.58. The summed E-state index contributed by atoms with van der Waals surface area (Å²) in [6, 6.07) is 7.99. The largest absolute Gasteiger partial charge is 0.335 e. The number of pyridine rings is 1. The van der Waals surface area contributed by atoms with Crippen LogP contribution in [0.15, 0.2) is 36.5 Å². The molecule has 3 heterocycles. The van der Waals surface area contributed by atoms with Crippen molar-refractivity contribution >= 4 is 6.03 Å². The zero-order valence-corrected chi connectivity index (χ0v) is 16.7. The minimum Gasteiger partial charge on any atom is -0.335 e. The molecule has 5 unspecified atom stereocenters. The van der Waals surface area contributed by atoms with Crippen LogP contribution >= 0.6 is 0 Å². The molecule has 1 saturated carbocycles. The summed E-state index contributed by atoms with van der Waals surface area (Å²) in [5, 5.41) is 3.12. The fourth-order valence-corrected chi connectivity index (χ4v) is 5.30. The number of aryl methyl sites for hydroxylation is 1. The summed E-state index contributed by atoms with van der Waals surface area (Å²) < 4.78 is 27.1. The van der Waals surface area contributed by atoms with Crippen LogP contribution in [0.4, 0.5) is 13.6 Å². The molecule has 3 N–H and O–H groups in total. The molecule has 158 valence electrons. The van der Waals surface area contributed by atoms with E-state index >= 15 is 0 Å². The first kappa shape index (κ1) is 19.4. The van der Waals surface area contributed by atoms with Gasteiger partial charge in [0.05, 0.1) is 6.04 Å².